The molecule has 1 aliphatic heterocycles. The summed E-state index contributed by atoms with van der Waals surface area (Å²) in [6, 6.07) is 4.86. The summed E-state index contributed by atoms with van der Waals surface area (Å²) in [6.07, 6.45) is 0. The Hall–Kier alpha value is -1.78. The number of hydrogen-bond donors (Lipinski definition) is 1. The summed E-state index contributed by atoms with van der Waals surface area (Å²) in [6.45, 7) is 7.32. The van der Waals surface area contributed by atoms with Gasteiger partial charge in [0.05, 0.1) is 24.8 Å². The average Bonchev–Trinajstić information content (AvgIpc) is 2.67. The highest BCUT2D eigenvalue weighted by Crippen LogP contribution is 2.39. The maximum absolute atomic E-state index is 14.4. The number of hydrogen-bond acceptors (Lipinski definition) is 4. The lowest BCUT2D eigenvalue weighted by Gasteiger charge is -2.38. The van der Waals surface area contributed by atoms with Crippen molar-refractivity contribution in [1.29, 1.82) is 0 Å². The summed E-state index contributed by atoms with van der Waals surface area (Å²) in [5.41, 5.74) is 5.91. The van der Waals surface area contributed by atoms with Crippen LogP contribution in [0.25, 0.3) is 0 Å². The third-order valence-electron chi connectivity index (χ3n) is 3.70. The van der Waals surface area contributed by atoms with Gasteiger partial charge in [-0.25, -0.2) is 4.39 Å². The maximum Gasteiger partial charge on any atom is 0.192 e. The van der Waals surface area contributed by atoms with E-state index in [1.54, 1.807) is 19.2 Å². The van der Waals surface area contributed by atoms with E-state index in [1.807, 2.05) is 11.8 Å². The minimum Gasteiger partial charge on any atom is -0.496 e. The van der Waals surface area contributed by atoms with E-state index in [2.05, 4.69) is 18.8 Å². The van der Waals surface area contributed by atoms with Crippen molar-refractivity contribution < 1.29 is 9.13 Å². The Morgan fingerprint density at radius 3 is 2.80 bits per heavy atom. The summed E-state index contributed by atoms with van der Waals surface area (Å²) in [7, 11) is 1.55. The molecule has 2 rings (SSSR count). The summed E-state index contributed by atoms with van der Waals surface area (Å²) < 4.78 is 19.7. The third kappa shape index (κ3) is 2.32. The fourth-order valence-electron chi connectivity index (χ4n) is 2.73. The molecule has 0 radical (unpaired) electrons. The van der Waals surface area contributed by atoms with Crippen molar-refractivity contribution in [3.05, 3.63) is 29.6 Å². The fourth-order valence-corrected chi connectivity index (χ4v) is 2.73. The van der Waals surface area contributed by atoms with E-state index < -0.39 is 5.54 Å². The highest BCUT2D eigenvalue weighted by atomic mass is 19.1. The Balaban J connectivity index is 2.50. The van der Waals surface area contributed by atoms with Gasteiger partial charge in [0.15, 0.2) is 5.96 Å². The zero-order valence-corrected chi connectivity index (χ0v) is 12.5. The number of methoxy groups -OCH3 is 1. The van der Waals surface area contributed by atoms with E-state index in [0.717, 1.165) is 6.54 Å². The quantitative estimate of drug-likeness (QED) is 0.920. The molecule has 0 amide bonds. The summed E-state index contributed by atoms with van der Waals surface area (Å²) >= 11 is 0. The van der Waals surface area contributed by atoms with Crippen LogP contribution in [-0.4, -0.2) is 31.1 Å². The second kappa shape index (κ2) is 5.31. The van der Waals surface area contributed by atoms with Crippen LogP contribution in [0, 0.1) is 11.7 Å². The SMILES string of the molecule is COc1cccc(F)c1C1(C)CN=C(N)N1CC(C)C. The van der Waals surface area contributed by atoms with Crippen LogP contribution >= 0.6 is 0 Å². The van der Waals surface area contributed by atoms with E-state index in [-0.39, 0.29) is 5.82 Å². The molecule has 1 atom stereocenters. The molecule has 110 valence electrons. The molecule has 1 aromatic carbocycles. The van der Waals surface area contributed by atoms with Gasteiger partial charge < -0.3 is 15.4 Å². The van der Waals surface area contributed by atoms with Gasteiger partial charge >= 0.3 is 0 Å². The standard InChI is InChI=1S/C15H22FN3O/c1-10(2)8-19-14(17)18-9-15(19,3)13-11(16)6-5-7-12(13)20-4/h5-7,10H,8-9H2,1-4H3,(H2,17,18). The van der Waals surface area contributed by atoms with Gasteiger partial charge in [-0.1, -0.05) is 19.9 Å². The topological polar surface area (TPSA) is 50.9 Å². The van der Waals surface area contributed by atoms with E-state index >= 15 is 0 Å². The molecule has 20 heavy (non-hydrogen) atoms. The number of halogens is 1. The molecule has 5 heteroatoms. The third-order valence-corrected chi connectivity index (χ3v) is 3.70. The lowest BCUT2D eigenvalue weighted by atomic mass is 9.89. The molecule has 0 aliphatic carbocycles. The van der Waals surface area contributed by atoms with E-state index in [0.29, 0.717) is 29.7 Å². The Morgan fingerprint density at radius 2 is 2.20 bits per heavy atom. The number of ether oxygens (including phenoxy) is 1. The molecule has 0 spiro atoms. The molecule has 1 unspecified atom stereocenters. The summed E-state index contributed by atoms with van der Waals surface area (Å²) in [5.74, 6) is 1.11. The first-order valence-corrected chi connectivity index (χ1v) is 6.80. The number of guanidine groups is 1. The number of benzene rings is 1. The van der Waals surface area contributed by atoms with Crippen LogP contribution in [0.2, 0.25) is 0 Å². The Labute approximate surface area is 119 Å². The van der Waals surface area contributed by atoms with Crippen LogP contribution in [0.1, 0.15) is 26.3 Å². The first-order valence-electron chi connectivity index (χ1n) is 6.80. The van der Waals surface area contributed by atoms with Gasteiger partial charge in [-0.3, -0.25) is 4.99 Å². The van der Waals surface area contributed by atoms with Gasteiger partial charge in [0, 0.05) is 6.54 Å². The second-order valence-electron chi connectivity index (χ2n) is 5.77. The van der Waals surface area contributed by atoms with Crippen LogP contribution in [-0.2, 0) is 5.54 Å². The Bertz CT molecular complexity index is 530. The summed E-state index contributed by atoms with van der Waals surface area (Å²) in [5, 5.41) is 0. The first-order chi connectivity index (χ1) is 9.40. The van der Waals surface area contributed by atoms with Crippen LogP contribution < -0.4 is 10.5 Å². The molecule has 0 saturated heterocycles. The molecule has 0 fully saturated rings. The second-order valence-corrected chi connectivity index (χ2v) is 5.77. The van der Waals surface area contributed by atoms with E-state index in [1.165, 1.54) is 6.07 Å². The lowest BCUT2D eigenvalue weighted by molar-refractivity contribution is 0.192. The molecule has 0 aromatic heterocycles. The normalized spacial score (nSPS) is 22.3. The zero-order chi connectivity index (χ0) is 14.9. The van der Waals surface area contributed by atoms with Crippen LogP contribution in [0.3, 0.4) is 0 Å². The number of aliphatic imine (C=N–C) groups is 1. The van der Waals surface area contributed by atoms with Gasteiger partial charge in [0.25, 0.3) is 0 Å². The summed E-state index contributed by atoms with van der Waals surface area (Å²) in [4.78, 5) is 6.29. The van der Waals surface area contributed by atoms with Crippen molar-refractivity contribution in [2.45, 2.75) is 26.3 Å². The molecule has 1 aromatic rings. The van der Waals surface area contributed by atoms with Gasteiger partial charge in [0.2, 0.25) is 0 Å². The molecular formula is C15H22FN3O. The maximum atomic E-state index is 14.4. The van der Waals surface area contributed by atoms with Gasteiger partial charge in [0.1, 0.15) is 11.6 Å². The van der Waals surface area contributed by atoms with Gasteiger partial charge in [-0.2, -0.15) is 0 Å². The van der Waals surface area contributed by atoms with Crippen LogP contribution in [0.4, 0.5) is 4.39 Å². The number of rotatable bonds is 4. The smallest absolute Gasteiger partial charge is 0.192 e. The largest absolute Gasteiger partial charge is 0.496 e. The average molecular weight is 279 g/mol. The molecule has 4 nitrogen and oxygen atoms in total. The highest BCUT2D eigenvalue weighted by Gasteiger charge is 2.43. The van der Waals surface area contributed by atoms with E-state index in [4.69, 9.17) is 10.5 Å². The molecule has 1 heterocycles. The van der Waals surface area contributed by atoms with Crippen molar-refractivity contribution in [1.82, 2.24) is 4.90 Å². The van der Waals surface area contributed by atoms with Crippen LogP contribution in [0.5, 0.6) is 5.75 Å². The lowest BCUT2D eigenvalue weighted by Crippen LogP contribution is -2.49. The fraction of sp³-hybridized carbons (Fsp3) is 0.533. The van der Waals surface area contributed by atoms with Crippen molar-refractivity contribution in [3.63, 3.8) is 0 Å². The zero-order valence-electron chi connectivity index (χ0n) is 12.5. The number of nitrogens with zero attached hydrogens (tertiary/aromatic N) is 2. The predicted molar refractivity (Wildman–Crippen MR) is 78.3 cm³/mol. The minimum atomic E-state index is -0.606. The molecule has 1 aliphatic rings. The van der Waals surface area contributed by atoms with Gasteiger partial charge in [-0.15, -0.1) is 0 Å². The van der Waals surface area contributed by atoms with Gasteiger partial charge in [-0.05, 0) is 25.0 Å². The first kappa shape index (κ1) is 14.6. The van der Waals surface area contributed by atoms with Crippen molar-refractivity contribution in [3.8, 4) is 5.75 Å². The van der Waals surface area contributed by atoms with Crippen molar-refractivity contribution >= 4 is 5.96 Å². The van der Waals surface area contributed by atoms with Crippen LogP contribution in [0.15, 0.2) is 23.2 Å². The minimum absolute atomic E-state index is 0.287. The van der Waals surface area contributed by atoms with Crippen molar-refractivity contribution in [2.75, 3.05) is 20.2 Å². The molecule has 0 bridgehead atoms. The molecule has 0 saturated carbocycles. The number of nitrogens with two attached hydrogens (primary N) is 1. The predicted octanol–water partition coefficient (Wildman–Crippen LogP) is 2.34. The Kier molecular flexibility index (Phi) is 3.88. The van der Waals surface area contributed by atoms with E-state index in [9.17, 15) is 4.39 Å². The molecular weight excluding hydrogens is 257 g/mol. The Morgan fingerprint density at radius 1 is 1.50 bits per heavy atom. The monoisotopic (exact) mass is 279 g/mol. The van der Waals surface area contributed by atoms with Crippen molar-refractivity contribution in [2.24, 2.45) is 16.6 Å². The highest BCUT2D eigenvalue weighted by molar-refractivity contribution is 5.81. The molecule has 2 N–H and O–H groups in total.